The minimum absolute atomic E-state index is 0.141. The number of carboxylic acids is 1. The van der Waals surface area contributed by atoms with Gasteiger partial charge in [0.15, 0.2) is 6.61 Å². The number of nitrogens with zero attached hydrogens (tertiary/aromatic N) is 2. The number of aliphatic carboxylic acids is 1. The van der Waals surface area contributed by atoms with E-state index in [0.717, 1.165) is 11.1 Å². The third-order valence-corrected chi connectivity index (χ3v) is 3.85. The number of hydrogen-bond donors (Lipinski definition) is 1. The predicted octanol–water partition coefficient (Wildman–Crippen LogP) is 2.95. The van der Waals surface area contributed by atoms with Crippen LogP contribution in [0, 0.1) is 0 Å². The van der Waals surface area contributed by atoms with Gasteiger partial charge in [0, 0.05) is 0 Å². The molecule has 132 valence electrons. The Bertz CT molecular complexity index is 870. The van der Waals surface area contributed by atoms with Crippen molar-refractivity contribution in [3.63, 3.8) is 0 Å². The van der Waals surface area contributed by atoms with E-state index in [0.29, 0.717) is 23.6 Å². The molecule has 0 unspecified atom stereocenters. The molecule has 0 atom stereocenters. The minimum atomic E-state index is -1.03. The van der Waals surface area contributed by atoms with E-state index in [1.165, 1.54) is 5.01 Å². The zero-order valence-electron chi connectivity index (χ0n) is 14.3. The van der Waals surface area contributed by atoms with Crippen LogP contribution in [-0.4, -0.2) is 34.3 Å². The molecular weight excluding hydrogens is 332 g/mol. The molecule has 1 amide bonds. The largest absolute Gasteiger partial charge is 0.482 e. The Morgan fingerprint density at radius 3 is 2.50 bits per heavy atom. The Balaban J connectivity index is 1.71. The highest BCUT2D eigenvalue weighted by atomic mass is 16.5. The van der Waals surface area contributed by atoms with Crippen LogP contribution in [0.15, 0.2) is 65.3 Å². The summed E-state index contributed by atoms with van der Waals surface area (Å²) in [5, 5.41) is 14.4. The lowest BCUT2D eigenvalue weighted by molar-refractivity contribution is -0.139. The fourth-order valence-electron chi connectivity index (χ4n) is 2.58. The van der Waals surface area contributed by atoms with E-state index in [-0.39, 0.29) is 12.5 Å². The lowest BCUT2D eigenvalue weighted by atomic mass is 10.1. The van der Waals surface area contributed by atoms with Gasteiger partial charge in [-0.05, 0) is 36.3 Å². The normalized spacial score (nSPS) is 15.3. The number of carbonyl (C=O) groups is 2. The van der Waals surface area contributed by atoms with E-state index in [2.05, 4.69) is 5.10 Å². The highest BCUT2D eigenvalue weighted by molar-refractivity contribution is 6.26. The third kappa shape index (κ3) is 4.16. The topological polar surface area (TPSA) is 79.2 Å². The van der Waals surface area contributed by atoms with Gasteiger partial charge in [0.05, 0.1) is 17.8 Å². The zero-order valence-corrected chi connectivity index (χ0v) is 14.3. The molecule has 2 aromatic carbocycles. The van der Waals surface area contributed by atoms with E-state index in [1.54, 1.807) is 37.3 Å². The summed E-state index contributed by atoms with van der Waals surface area (Å²) in [5.74, 6) is -0.709. The van der Waals surface area contributed by atoms with Gasteiger partial charge in [0.1, 0.15) is 5.75 Å². The number of amides is 1. The van der Waals surface area contributed by atoms with Crippen molar-refractivity contribution >= 4 is 23.7 Å². The smallest absolute Gasteiger partial charge is 0.341 e. The van der Waals surface area contributed by atoms with Crippen LogP contribution in [0.3, 0.4) is 0 Å². The van der Waals surface area contributed by atoms with Crippen LogP contribution in [0.1, 0.15) is 18.1 Å². The fourth-order valence-corrected chi connectivity index (χ4v) is 2.58. The number of benzene rings is 2. The second-order valence-corrected chi connectivity index (χ2v) is 5.84. The Morgan fingerprint density at radius 1 is 1.15 bits per heavy atom. The monoisotopic (exact) mass is 350 g/mol. The van der Waals surface area contributed by atoms with Crippen molar-refractivity contribution in [1.82, 2.24) is 5.01 Å². The number of ether oxygens (including phenoxy) is 1. The molecule has 0 aromatic heterocycles. The van der Waals surface area contributed by atoms with Crippen molar-refractivity contribution < 1.29 is 19.4 Å². The van der Waals surface area contributed by atoms with Crippen molar-refractivity contribution in [3.8, 4) is 5.75 Å². The van der Waals surface area contributed by atoms with E-state index < -0.39 is 5.97 Å². The Labute approximate surface area is 151 Å². The summed E-state index contributed by atoms with van der Waals surface area (Å²) in [4.78, 5) is 23.1. The summed E-state index contributed by atoms with van der Waals surface area (Å²) in [7, 11) is 0. The average molecular weight is 350 g/mol. The molecule has 0 radical (unpaired) electrons. The van der Waals surface area contributed by atoms with Crippen molar-refractivity contribution in [2.24, 2.45) is 5.10 Å². The molecule has 0 saturated heterocycles. The number of hydrazone groups is 1. The number of rotatable bonds is 6. The molecule has 1 heterocycles. The molecular formula is C20H18N2O4. The molecule has 1 aliphatic rings. The van der Waals surface area contributed by atoms with Crippen LogP contribution < -0.4 is 4.74 Å². The van der Waals surface area contributed by atoms with Gasteiger partial charge in [-0.25, -0.2) is 9.80 Å². The van der Waals surface area contributed by atoms with Crippen molar-refractivity contribution in [1.29, 1.82) is 0 Å². The van der Waals surface area contributed by atoms with Gasteiger partial charge in [0.2, 0.25) is 0 Å². The molecule has 0 fully saturated rings. The first kappa shape index (κ1) is 17.4. The lowest BCUT2D eigenvalue weighted by Gasteiger charge is -2.11. The first-order chi connectivity index (χ1) is 12.5. The number of hydrogen-bond acceptors (Lipinski definition) is 4. The standard InChI is InChI=1S/C20H18N2O4/c1-14-18(11-15-7-9-17(10-8-15)26-13-19(23)24)20(25)22(21-14)12-16-5-3-2-4-6-16/h2-11H,12-13H2,1H3,(H,23,24)/b18-11+. The SMILES string of the molecule is CC1=NN(Cc2ccccc2)C(=O)/C1=C/c1ccc(OCC(=O)O)cc1. The number of carboxylic acid groups (broad SMARTS) is 1. The summed E-state index contributed by atoms with van der Waals surface area (Å²) in [6, 6.07) is 16.6. The van der Waals surface area contributed by atoms with Gasteiger partial charge >= 0.3 is 5.97 Å². The van der Waals surface area contributed by atoms with E-state index >= 15 is 0 Å². The Hall–Kier alpha value is -3.41. The van der Waals surface area contributed by atoms with Gasteiger partial charge < -0.3 is 9.84 Å². The molecule has 26 heavy (non-hydrogen) atoms. The predicted molar refractivity (Wildman–Crippen MR) is 97.7 cm³/mol. The quantitative estimate of drug-likeness (QED) is 0.813. The molecule has 6 nitrogen and oxygen atoms in total. The minimum Gasteiger partial charge on any atom is -0.482 e. The summed E-state index contributed by atoms with van der Waals surface area (Å²) < 4.78 is 5.10. The average Bonchev–Trinajstić information content (AvgIpc) is 2.89. The maximum Gasteiger partial charge on any atom is 0.341 e. The van der Waals surface area contributed by atoms with Gasteiger partial charge in [-0.1, -0.05) is 42.5 Å². The zero-order chi connectivity index (χ0) is 18.5. The first-order valence-electron chi connectivity index (χ1n) is 8.10. The van der Waals surface area contributed by atoms with Crippen LogP contribution in [0.4, 0.5) is 0 Å². The van der Waals surface area contributed by atoms with Crippen LogP contribution in [0.2, 0.25) is 0 Å². The Morgan fingerprint density at radius 2 is 1.85 bits per heavy atom. The van der Waals surface area contributed by atoms with E-state index in [9.17, 15) is 9.59 Å². The second-order valence-electron chi connectivity index (χ2n) is 5.84. The molecule has 0 bridgehead atoms. The van der Waals surface area contributed by atoms with Gasteiger partial charge in [-0.3, -0.25) is 4.79 Å². The molecule has 3 rings (SSSR count). The molecule has 1 aliphatic heterocycles. The molecule has 6 heteroatoms. The first-order valence-corrected chi connectivity index (χ1v) is 8.10. The second kappa shape index (κ2) is 7.65. The highest BCUT2D eigenvalue weighted by Crippen LogP contribution is 2.21. The Kier molecular flexibility index (Phi) is 5.12. The van der Waals surface area contributed by atoms with E-state index in [1.807, 2.05) is 30.3 Å². The van der Waals surface area contributed by atoms with Crippen LogP contribution in [0.5, 0.6) is 5.75 Å². The molecule has 0 aliphatic carbocycles. The summed E-state index contributed by atoms with van der Waals surface area (Å²) in [5.41, 5.74) is 3.03. The molecule has 0 spiro atoms. The van der Waals surface area contributed by atoms with Crippen LogP contribution >= 0.6 is 0 Å². The van der Waals surface area contributed by atoms with Crippen molar-refractivity contribution in [3.05, 3.63) is 71.3 Å². The number of carbonyl (C=O) groups excluding carboxylic acids is 1. The summed E-state index contributed by atoms with van der Waals surface area (Å²) in [6.45, 7) is 1.84. The maximum atomic E-state index is 12.6. The van der Waals surface area contributed by atoms with Crippen molar-refractivity contribution in [2.45, 2.75) is 13.5 Å². The third-order valence-electron chi connectivity index (χ3n) is 3.85. The van der Waals surface area contributed by atoms with E-state index in [4.69, 9.17) is 9.84 Å². The van der Waals surface area contributed by atoms with Crippen LogP contribution in [-0.2, 0) is 16.1 Å². The molecule has 2 aromatic rings. The van der Waals surface area contributed by atoms with Gasteiger partial charge in [-0.2, -0.15) is 5.10 Å². The summed E-state index contributed by atoms with van der Waals surface area (Å²) in [6.07, 6.45) is 1.77. The fraction of sp³-hybridized carbons (Fsp3) is 0.150. The maximum absolute atomic E-state index is 12.6. The summed E-state index contributed by atoms with van der Waals surface area (Å²) >= 11 is 0. The molecule has 1 N–H and O–H groups in total. The molecule has 0 saturated carbocycles. The van der Waals surface area contributed by atoms with Crippen LogP contribution in [0.25, 0.3) is 6.08 Å². The van der Waals surface area contributed by atoms with Gasteiger partial charge in [-0.15, -0.1) is 0 Å². The lowest BCUT2D eigenvalue weighted by Crippen LogP contribution is -2.21. The highest BCUT2D eigenvalue weighted by Gasteiger charge is 2.27. The van der Waals surface area contributed by atoms with Crippen molar-refractivity contribution in [2.75, 3.05) is 6.61 Å². The van der Waals surface area contributed by atoms with Gasteiger partial charge in [0.25, 0.3) is 5.91 Å².